The van der Waals surface area contributed by atoms with Crippen molar-refractivity contribution in [3.8, 4) is 0 Å². The van der Waals surface area contributed by atoms with Gasteiger partial charge in [0.05, 0.1) is 19.2 Å². The van der Waals surface area contributed by atoms with Crippen molar-refractivity contribution >= 4 is 17.9 Å². The summed E-state index contributed by atoms with van der Waals surface area (Å²) < 4.78 is 4.95. The fourth-order valence-corrected chi connectivity index (χ4v) is 1.68. The molecule has 0 spiro atoms. The first kappa shape index (κ1) is 25.2. The van der Waals surface area contributed by atoms with Crippen LogP contribution in [0.15, 0.2) is 4.52 Å². The maximum Gasteiger partial charge on any atom is 0.328 e. The molecule has 28 heavy (non-hydrogen) atoms. The van der Waals surface area contributed by atoms with Gasteiger partial charge in [-0.05, 0) is 19.4 Å². The first-order valence-corrected chi connectivity index (χ1v) is 8.69. The highest BCUT2D eigenvalue weighted by atomic mass is 16.5. The van der Waals surface area contributed by atoms with Crippen LogP contribution in [-0.4, -0.2) is 57.5 Å². The number of nitrogens with two attached hydrogens (primary N) is 3. The average molecular weight is 403 g/mol. The van der Waals surface area contributed by atoms with Crippen molar-refractivity contribution in [1.82, 2.24) is 20.8 Å². The molecule has 0 bridgehead atoms. The summed E-state index contributed by atoms with van der Waals surface area (Å²) in [5.41, 5.74) is 16.0. The molecule has 13 nitrogen and oxygen atoms in total. The summed E-state index contributed by atoms with van der Waals surface area (Å²) in [5.74, 6) is -1.12. The first-order chi connectivity index (χ1) is 13.2. The fourth-order valence-electron chi connectivity index (χ4n) is 1.68. The molecule has 0 aliphatic heterocycles. The van der Waals surface area contributed by atoms with Crippen molar-refractivity contribution in [3.63, 3.8) is 0 Å². The van der Waals surface area contributed by atoms with E-state index in [0.29, 0.717) is 25.2 Å². The lowest BCUT2D eigenvalue weighted by Crippen LogP contribution is -2.47. The van der Waals surface area contributed by atoms with Gasteiger partial charge >= 0.3 is 12.0 Å². The second kappa shape index (κ2) is 14.3. The zero-order valence-corrected chi connectivity index (χ0v) is 15.8. The molecular formula is C15H29N7O6. The van der Waals surface area contributed by atoms with Crippen molar-refractivity contribution in [3.05, 3.63) is 11.7 Å². The summed E-state index contributed by atoms with van der Waals surface area (Å²) in [6.07, 6.45) is 2.82. The van der Waals surface area contributed by atoms with Gasteiger partial charge in [-0.2, -0.15) is 4.98 Å². The highest BCUT2D eigenvalue weighted by Crippen LogP contribution is 2.13. The number of aliphatic hydroxyl groups excluding tert-OH is 1. The molecule has 2 atom stereocenters. The quantitative estimate of drug-likeness (QED) is 0.207. The summed E-state index contributed by atoms with van der Waals surface area (Å²) in [5, 5.41) is 25.6. The molecule has 1 heterocycles. The Morgan fingerprint density at radius 3 is 2.43 bits per heavy atom. The van der Waals surface area contributed by atoms with Gasteiger partial charge in [0, 0.05) is 6.42 Å². The average Bonchev–Trinajstić information content (AvgIpc) is 3.14. The number of primary amides is 1. The minimum absolute atomic E-state index is 0.0911. The topological polar surface area (TPSA) is 233 Å². The number of amides is 3. The second-order valence-corrected chi connectivity index (χ2v) is 5.66. The van der Waals surface area contributed by atoms with Crippen molar-refractivity contribution in [1.29, 1.82) is 0 Å². The van der Waals surface area contributed by atoms with Gasteiger partial charge in [-0.25, -0.2) is 9.59 Å². The molecule has 3 amide bonds. The summed E-state index contributed by atoms with van der Waals surface area (Å²) >= 11 is 0. The van der Waals surface area contributed by atoms with Crippen LogP contribution in [0.4, 0.5) is 4.79 Å². The maximum atomic E-state index is 11.5. The van der Waals surface area contributed by atoms with Crippen LogP contribution in [0.5, 0.6) is 0 Å². The third-order valence-electron chi connectivity index (χ3n) is 3.32. The summed E-state index contributed by atoms with van der Waals surface area (Å²) in [6.45, 7) is 1.51. The number of rotatable bonds is 11. The van der Waals surface area contributed by atoms with Gasteiger partial charge in [0.15, 0.2) is 11.9 Å². The molecule has 0 aliphatic carbocycles. The molecule has 0 aromatic carbocycles. The van der Waals surface area contributed by atoms with Crippen molar-refractivity contribution in [2.24, 2.45) is 17.2 Å². The number of aliphatic carboxylic acids is 1. The van der Waals surface area contributed by atoms with E-state index in [1.54, 1.807) is 6.92 Å². The second-order valence-electron chi connectivity index (χ2n) is 5.66. The van der Waals surface area contributed by atoms with Crippen molar-refractivity contribution in [2.75, 3.05) is 13.2 Å². The molecular weight excluding hydrogens is 374 g/mol. The Kier molecular flexibility index (Phi) is 12.9. The number of carboxylic acids is 1. The number of nitrogens with zero attached hydrogens (tertiary/aromatic N) is 2. The van der Waals surface area contributed by atoms with Gasteiger partial charge in [0.25, 0.3) is 0 Å². The molecule has 1 aromatic heterocycles. The zero-order valence-electron chi connectivity index (χ0n) is 15.8. The number of aromatic nitrogens is 2. The number of urea groups is 1. The fraction of sp³-hybridized carbons (Fsp3) is 0.667. The Bertz CT molecular complexity index is 609. The SMILES string of the molecule is CCC(N)=O.NCCCCC(N)c1noc(CNC(=O)NC(CO)C(=O)O)n1. The van der Waals surface area contributed by atoms with Gasteiger partial charge < -0.3 is 42.6 Å². The number of carboxylic acid groups (broad SMARTS) is 1. The van der Waals surface area contributed by atoms with E-state index in [9.17, 15) is 14.4 Å². The molecule has 0 aliphatic rings. The first-order valence-electron chi connectivity index (χ1n) is 8.69. The van der Waals surface area contributed by atoms with E-state index in [1.165, 1.54) is 0 Å². The molecule has 1 rings (SSSR count). The molecule has 160 valence electrons. The minimum Gasteiger partial charge on any atom is -0.480 e. The third kappa shape index (κ3) is 11.1. The van der Waals surface area contributed by atoms with Crippen LogP contribution >= 0.6 is 0 Å². The molecule has 13 heteroatoms. The lowest BCUT2D eigenvalue weighted by molar-refractivity contribution is -0.140. The van der Waals surface area contributed by atoms with E-state index in [-0.39, 0.29) is 24.4 Å². The zero-order chi connectivity index (χ0) is 21.5. The Balaban J connectivity index is 0.00000129. The van der Waals surface area contributed by atoms with E-state index in [2.05, 4.69) is 26.5 Å². The Labute approximate surface area is 162 Å². The van der Waals surface area contributed by atoms with Crippen molar-refractivity contribution in [2.45, 2.75) is 51.2 Å². The number of hydrogen-bond donors (Lipinski definition) is 7. The molecule has 0 saturated heterocycles. The van der Waals surface area contributed by atoms with Crippen LogP contribution in [0.25, 0.3) is 0 Å². The molecule has 2 unspecified atom stereocenters. The molecule has 0 saturated carbocycles. The van der Waals surface area contributed by atoms with Crippen molar-refractivity contribution < 1.29 is 29.1 Å². The van der Waals surface area contributed by atoms with Gasteiger partial charge in [-0.1, -0.05) is 18.5 Å². The maximum absolute atomic E-state index is 11.5. The highest BCUT2D eigenvalue weighted by Gasteiger charge is 2.19. The number of carbonyl (C=O) groups excluding carboxylic acids is 2. The smallest absolute Gasteiger partial charge is 0.328 e. The van der Waals surface area contributed by atoms with Gasteiger partial charge in [-0.3, -0.25) is 4.79 Å². The minimum atomic E-state index is -1.38. The number of carbonyl (C=O) groups is 3. The van der Waals surface area contributed by atoms with Crippen LogP contribution in [0, 0.1) is 0 Å². The molecule has 1 aromatic rings. The molecule has 0 fully saturated rings. The van der Waals surface area contributed by atoms with E-state index >= 15 is 0 Å². The van der Waals surface area contributed by atoms with Crippen LogP contribution in [0.2, 0.25) is 0 Å². The normalized spacial score (nSPS) is 12.3. The van der Waals surface area contributed by atoms with E-state index in [1.807, 2.05) is 0 Å². The number of aliphatic hydroxyl groups is 1. The standard InChI is InChI=1S/C12H22N6O5.C3H7NO/c13-4-2-1-3-7(14)10-17-9(23-18-10)5-15-12(22)16-8(6-19)11(20)21;1-2-3(4)5/h7-8,19H,1-6,13-14H2,(H,20,21)(H2,15,16,22);2H2,1H3,(H2,4,5). The summed E-state index contributed by atoms with van der Waals surface area (Å²) in [4.78, 5) is 35.8. The Morgan fingerprint density at radius 2 is 1.93 bits per heavy atom. The van der Waals surface area contributed by atoms with E-state index < -0.39 is 24.6 Å². The van der Waals surface area contributed by atoms with Gasteiger partial charge in [-0.15, -0.1) is 0 Å². The summed E-state index contributed by atoms with van der Waals surface area (Å²) in [6, 6.07) is -2.54. The Hall–Kier alpha value is -2.77. The van der Waals surface area contributed by atoms with Crippen LogP contribution in [0.1, 0.15) is 50.4 Å². The van der Waals surface area contributed by atoms with E-state index in [0.717, 1.165) is 12.8 Å². The largest absolute Gasteiger partial charge is 0.480 e. The van der Waals surface area contributed by atoms with Gasteiger partial charge in [0.2, 0.25) is 11.8 Å². The molecule has 10 N–H and O–H groups in total. The van der Waals surface area contributed by atoms with Gasteiger partial charge in [0.1, 0.15) is 0 Å². The third-order valence-corrected chi connectivity index (χ3v) is 3.32. The highest BCUT2D eigenvalue weighted by molar-refractivity contribution is 5.82. The van der Waals surface area contributed by atoms with E-state index in [4.69, 9.17) is 26.2 Å². The predicted molar refractivity (Wildman–Crippen MR) is 97.5 cm³/mol. The Morgan fingerprint density at radius 1 is 1.29 bits per heavy atom. The lowest BCUT2D eigenvalue weighted by atomic mass is 10.1. The van der Waals surface area contributed by atoms with Crippen LogP contribution in [-0.2, 0) is 16.1 Å². The summed E-state index contributed by atoms with van der Waals surface area (Å²) in [7, 11) is 0. The molecule has 0 radical (unpaired) electrons. The number of hydrogen-bond acceptors (Lipinski definition) is 9. The number of unbranched alkanes of at least 4 members (excludes halogenated alkanes) is 1. The number of nitrogens with one attached hydrogen (secondary N) is 2. The van der Waals surface area contributed by atoms with Crippen LogP contribution in [0.3, 0.4) is 0 Å². The predicted octanol–water partition coefficient (Wildman–Crippen LogP) is -1.68. The lowest BCUT2D eigenvalue weighted by Gasteiger charge is -2.11. The van der Waals surface area contributed by atoms with Crippen LogP contribution < -0.4 is 27.8 Å². The monoisotopic (exact) mass is 403 g/mol.